The van der Waals surface area contributed by atoms with E-state index in [0.29, 0.717) is 22.1 Å². The van der Waals surface area contributed by atoms with Crippen LogP contribution in [-0.2, 0) is 4.79 Å². The number of benzene rings is 3. The zero-order chi connectivity index (χ0) is 22.1. The van der Waals surface area contributed by atoms with E-state index < -0.39 is 17.9 Å². The minimum absolute atomic E-state index is 0. The molecule has 0 saturated carbocycles. The lowest BCUT2D eigenvalue weighted by molar-refractivity contribution is -0.139. The Hall–Kier alpha value is -3.49. The molecule has 1 unspecified atom stereocenters. The number of halogens is 1. The van der Waals surface area contributed by atoms with Crippen LogP contribution in [0, 0.1) is 0 Å². The molecule has 0 aliphatic rings. The van der Waals surface area contributed by atoms with Gasteiger partial charge in [-0.2, -0.15) is 0 Å². The van der Waals surface area contributed by atoms with Gasteiger partial charge in [-0.25, -0.2) is 14.8 Å². The molecular weight excluding hydrogens is 432 g/mol. The molecule has 0 fully saturated rings. The van der Waals surface area contributed by atoms with E-state index in [2.05, 4.69) is 10.3 Å². The van der Waals surface area contributed by atoms with Crippen LogP contribution in [0.4, 0.5) is 0 Å². The molecule has 1 atom stereocenters. The molecule has 0 radical (unpaired) electrons. The summed E-state index contributed by atoms with van der Waals surface area (Å²) in [6.45, 7) is 0.172. The van der Waals surface area contributed by atoms with Crippen LogP contribution in [0.3, 0.4) is 0 Å². The third-order valence-electron chi connectivity index (χ3n) is 5.07. The number of carboxylic acids is 1. The number of fused-ring (bicyclic) bond motifs is 4. The Kier molecular flexibility index (Phi) is 6.76. The number of ether oxygens (including phenoxy) is 1. The van der Waals surface area contributed by atoms with Gasteiger partial charge in [0.1, 0.15) is 17.3 Å². The van der Waals surface area contributed by atoms with E-state index in [1.807, 2.05) is 30.3 Å². The number of rotatable bonds is 6. The summed E-state index contributed by atoms with van der Waals surface area (Å²) in [4.78, 5) is 35.7. The van der Waals surface area contributed by atoms with Gasteiger partial charge in [-0.15, -0.1) is 12.4 Å². The molecule has 9 heteroatoms. The number of carbonyl (C=O) groups is 2. The number of para-hydroxylation sites is 1. The number of amides is 1. The van der Waals surface area contributed by atoms with Crippen LogP contribution in [-0.4, -0.2) is 65.6 Å². The fourth-order valence-electron chi connectivity index (χ4n) is 3.64. The molecule has 0 saturated heterocycles. The number of hydrogen-bond donors (Lipinski definition) is 2. The molecule has 1 aromatic heterocycles. The maximum atomic E-state index is 13.0. The molecule has 32 heavy (non-hydrogen) atoms. The third-order valence-corrected chi connectivity index (χ3v) is 5.07. The van der Waals surface area contributed by atoms with E-state index in [4.69, 9.17) is 9.72 Å². The number of nitrogens with zero attached hydrogens (tertiary/aromatic N) is 3. The predicted octanol–water partition coefficient (Wildman–Crippen LogP) is 3.11. The second-order valence-corrected chi connectivity index (χ2v) is 7.51. The van der Waals surface area contributed by atoms with Crippen LogP contribution < -0.4 is 10.1 Å². The first-order valence-corrected chi connectivity index (χ1v) is 9.73. The van der Waals surface area contributed by atoms with Crippen LogP contribution in [0.25, 0.3) is 32.8 Å². The quantitative estimate of drug-likeness (QED) is 0.340. The van der Waals surface area contributed by atoms with Gasteiger partial charge in [0.15, 0.2) is 0 Å². The summed E-state index contributed by atoms with van der Waals surface area (Å²) in [5.41, 5.74) is 2.59. The second kappa shape index (κ2) is 9.33. The van der Waals surface area contributed by atoms with Crippen LogP contribution in [0.1, 0.15) is 10.4 Å². The topological polar surface area (TPSA) is 105 Å². The zero-order valence-electron chi connectivity index (χ0n) is 17.8. The number of nitrogens with one attached hydrogen (secondary N) is 1. The van der Waals surface area contributed by atoms with Crippen molar-refractivity contribution in [3.05, 3.63) is 54.1 Å². The highest BCUT2D eigenvalue weighted by Crippen LogP contribution is 2.31. The number of aliphatic carboxylic acids is 1. The summed E-state index contributed by atoms with van der Waals surface area (Å²) < 4.78 is 5.45. The van der Waals surface area contributed by atoms with Crippen molar-refractivity contribution in [3.8, 4) is 5.75 Å². The van der Waals surface area contributed by atoms with Gasteiger partial charge in [-0.05, 0) is 44.4 Å². The molecule has 0 aliphatic heterocycles. The highest BCUT2D eigenvalue weighted by atomic mass is 35.5. The Morgan fingerprint density at radius 2 is 1.72 bits per heavy atom. The Labute approximate surface area is 190 Å². The first-order valence-electron chi connectivity index (χ1n) is 9.73. The molecule has 3 aromatic carbocycles. The van der Waals surface area contributed by atoms with Crippen LogP contribution in [0.15, 0.2) is 48.5 Å². The average Bonchev–Trinajstić information content (AvgIpc) is 2.75. The summed E-state index contributed by atoms with van der Waals surface area (Å²) in [6, 6.07) is 13.6. The first-order chi connectivity index (χ1) is 14.9. The Morgan fingerprint density at radius 1 is 1.00 bits per heavy atom. The van der Waals surface area contributed by atoms with E-state index in [1.54, 1.807) is 44.3 Å². The summed E-state index contributed by atoms with van der Waals surface area (Å²) >= 11 is 0. The summed E-state index contributed by atoms with van der Waals surface area (Å²) in [5, 5.41) is 13.8. The third kappa shape index (κ3) is 4.28. The molecular formula is C23H23ClN4O4. The standard InChI is InChI=1S/C23H22N4O4.ClH/c1-27(2)12-18(23(29)30)25-22(28)15-7-4-8-16-21(15)26-20-14-6-5-9-19(31-3)13(14)10-11-17(20)24-16;/h4-11,18H,12H2,1-3H3,(H,25,28)(H,29,30);1H. The molecule has 0 bridgehead atoms. The predicted molar refractivity (Wildman–Crippen MR) is 126 cm³/mol. The highest BCUT2D eigenvalue weighted by Gasteiger charge is 2.23. The smallest absolute Gasteiger partial charge is 0.327 e. The zero-order valence-corrected chi connectivity index (χ0v) is 18.6. The van der Waals surface area contributed by atoms with Crippen LogP contribution >= 0.6 is 12.4 Å². The number of carboxylic acid groups (broad SMARTS) is 1. The van der Waals surface area contributed by atoms with Gasteiger partial charge in [-0.1, -0.05) is 18.2 Å². The maximum absolute atomic E-state index is 13.0. The van der Waals surface area contributed by atoms with Crippen molar-refractivity contribution in [2.75, 3.05) is 27.7 Å². The van der Waals surface area contributed by atoms with E-state index in [1.165, 1.54) is 0 Å². The van der Waals surface area contributed by atoms with E-state index in [0.717, 1.165) is 16.5 Å². The first kappa shape index (κ1) is 23.2. The highest BCUT2D eigenvalue weighted by molar-refractivity contribution is 6.11. The van der Waals surface area contributed by atoms with Gasteiger partial charge < -0.3 is 20.1 Å². The van der Waals surface area contributed by atoms with Gasteiger partial charge in [0.2, 0.25) is 0 Å². The van der Waals surface area contributed by atoms with Crippen molar-refractivity contribution >= 4 is 57.1 Å². The van der Waals surface area contributed by atoms with Crippen molar-refractivity contribution in [2.45, 2.75) is 6.04 Å². The number of hydrogen-bond acceptors (Lipinski definition) is 6. The van der Waals surface area contributed by atoms with Gasteiger partial charge in [0.05, 0.1) is 29.2 Å². The van der Waals surface area contributed by atoms with Crippen molar-refractivity contribution in [1.82, 2.24) is 20.2 Å². The largest absolute Gasteiger partial charge is 0.496 e. The van der Waals surface area contributed by atoms with Crippen molar-refractivity contribution < 1.29 is 19.4 Å². The molecule has 4 aromatic rings. The minimum atomic E-state index is -1.10. The Morgan fingerprint density at radius 3 is 2.41 bits per heavy atom. The normalized spacial score (nSPS) is 12.0. The second-order valence-electron chi connectivity index (χ2n) is 7.51. The summed E-state index contributed by atoms with van der Waals surface area (Å²) in [5.74, 6) is -0.886. The van der Waals surface area contributed by atoms with Gasteiger partial charge in [0.25, 0.3) is 5.91 Å². The fourth-order valence-corrected chi connectivity index (χ4v) is 3.64. The molecule has 2 N–H and O–H groups in total. The van der Waals surface area contributed by atoms with Crippen LogP contribution in [0.5, 0.6) is 5.75 Å². The molecule has 166 valence electrons. The lowest BCUT2D eigenvalue weighted by atomic mass is 10.1. The van der Waals surface area contributed by atoms with E-state index in [9.17, 15) is 14.7 Å². The van der Waals surface area contributed by atoms with Gasteiger partial charge in [0, 0.05) is 17.3 Å². The van der Waals surface area contributed by atoms with Crippen molar-refractivity contribution in [1.29, 1.82) is 0 Å². The van der Waals surface area contributed by atoms with Crippen LogP contribution in [0.2, 0.25) is 0 Å². The van der Waals surface area contributed by atoms with E-state index in [-0.39, 0.29) is 24.5 Å². The maximum Gasteiger partial charge on any atom is 0.327 e. The number of carbonyl (C=O) groups excluding carboxylic acids is 1. The SMILES string of the molecule is COc1cccc2c1ccc1nc3cccc(C(=O)NC(CN(C)C)C(=O)O)c3nc12.Cl. The Balaban J connectivity index is 0.00000289. The molecule has 1 heterocycles. The lowest BCUT2D eigenvalue weighted by Gasteiger charge is -2.19. The lowest BCUT2D eigenvalue weighted by Crippen LogP contribution is -2.47. The molecule has 1 amide bonds. The average molecular weight is 455 g/mol. The minimum Gasteiger partial charge on any atom is -0.496 e. The molecule has 0 spiro atoms. The van der Waals surface area contributed by atoms with E-state index >= 15 is 0 Å². The van der Waals surface area contributed by atoms with Gasteiger partial charge in [-0.3, -0.25) is 4.79 Å². The molecule has 0 aliphatic carbocycles. The number of aromatic nitrogens is 2. The van der Waals surface area contributed by atoms with Crippen molar-refractivity contribution in [2.24, 2.45) is 0 Å². The monoisotopic (exact) mass is 454 g/mol. The molecule has 4 rings (SSSR count). The van der Waals surface area contributed by atoms with Gasteiger partial charge >= 0.3 is 5.97 Å². The van der Waals surface area contributed by atoms with Crippen molar-refractivity contribution in [3.63, 3.8) is 0 Å². The number of methoxy groups -OCH3 is 1. The summed E-state index contributed by atoms with van der Waals surface area (Å²) in [7, 11) is 5.11. The summed E-state index contributed by atoms with van der Waals surface area (Å²) in [6.07, 6.45) is 0. The number of likely N-dealkylation sites (N-methyl/N-ethyl adjacent to an activating group) is 1. The molecule has 8 nitrogen and oxygen atoms in total. The fraction of sp³-hybridized carbons (Fsp3) is 0.217. The Bertz CT molecular complexity index is 1330.